The van der Waals surface area contributed by atoms with Crippen LogP contribution in [0.3, 0.4) is 0 Å². The van der Waals surface area contributed by atoms with Crippen molar-refractivity contribution in [3.8, 4) is 22.9 Å². The van der Waals surface area contributed by atoms with Gasteiger partial charge in [0.15, 0.2) is 6.29 Å². The molecule has 0 radical (unpaired) electrons. The van der Waals surface area contributed by atoms with Gasteiger partial charge in [-0.05, 0) is 75.3 Å². The largest absolute Gasteiger partial charge is 0.390 e. The first kappa shape index (κ1) is 26.6. The van der Waals surface area contributed by atoms with Crippen molar-refractivity contribution in [1.29, 1.82) is 5.26 Å². The maximum absolute atomic E-state index is 11.7. The third-order valence-corrected chi connectivity index (χ3v) is 6.36. The molecule has 2 aromatic heterocycles. The number of aromatic nitrogens is 2. The molecule has 0 bridgehead atoms. The SMILES string of the molecule is CC(C)(O)CCNc1cc(-n2c3ccccc3c3c(-c4ccc(C#N)nc4)cccc32)ccc1C=O.CN. The average molecular weight is 506 g/mol. The van der Waals surface area contributed by atoms with E-state index in [-0.39, 0.29) is 0 Å². The van der Waals surface area contributed by atoms with Crippen molar-refractivity contribution in [2.75, 3.05) is 18.9 Å². The zero-order chi connectivity index (χ0) is 27.3. The van der Waals surface area contributed by atoms with Gasteiger partial charge in [-0.1, -0.05) is 30.3 Å². The van der Waals surface area contributed by atoms with E-state index in [0.717, 1.165) is 50.6 Å². The maximum atomic E-state index is 11.7. The molecule has 4 N–H and O–H groups in total. The second kappa shape index (κ2) is 11.3. The molecule has 0 aliphatic rings. The molecule has 0 aliphatic carbocycles. The molecular formula is C31H31N5O2. The topological polar surface area (TPSA) is 117 Å². The highest BCUT2D eigenvalue weighted by Gasteiger charge is 2.17. The number of para-hydroxylation sites is 1. The van der Waals surface area contributed by atoms with E-state index in [1.807, 2.05) is 42.5 Å². The lowest BCUT2D eigenvalue weighted by Crippen LogP contribution is -2.22. The van der Waals surface area contributed by atoms with Gasteiger partial charge < -0.3 is 20.7 Å². The van der Waals surface area contributed by atoms with E-state index >= 15 is 0 Å². The van der Waals surface area contributed by atoms with Crippen LogP contribution in [0.25, 0.3) is 38.6 Å². The molecule has 7 nitrogen and oxygen atoms in total. The van der Waals surface area contributed by atoms with E-state index in [2.05, 4.69) is 50.9 Å². The summed E-state index contributed by atoms with van der Waals surface area (Å²) < 4.78 is 2.20. The molecule has 0 unspecified atom stereocenters. The van der Waals surface area contributed by atoms with Crippen LogP contribution in [-0.4, -0.2) is 40.1 Å². The molecule has 0 saturated heterocycles. The van der Waals surface area contributed by atoms with Gasteiger partial charge in [0, 0.05) is 46.0 Å². The number of rotatable bonds is 7. The first-order chi connectivity index (χ1) is 18.4. The fraction of sp³-hybridized carbons (Fsp3) is 0.194. The number of aliphatic hydroxyl groups is 1. The number of nitrogens with two attached hydrogens (primary N) is 1. The Kier molecular flexibility index (Phi) is 7.87. The second-order valence-corrected chi connectivity index (χ2v) is 9.47. The Morgan fingerprint density at radius 1 is 1.05 bits per heavy atom. The van der Waals surface area contributed by atoms with Gasteiger partial charge in [-0.15, -0.1) is 0 Å². The van der Waals surface area contributed by atoms with Crippen molar-refractivity contribution in [2.24, 2.45) is 5.73 Å². The van der Waals surface area contributed by atoms with Crippen molar-refractivity contribution in [1.82, 2.24) is 9.55 Å². The Morgan fingerprint density at radius 2 is 1.82 bits per heavy atom. The lowest BCUT2D eigenvalue weighted by atomic mass is 10.0. The van der Waals surface area contributed by atoms with Gasteiger partial charge in [0.05, 0.1) is 16.6 Å². The number of nitriles is 1. The molecule has 5 rings (SSSR count). The number of nitrogens with zero attached hydrogens (tertiary/aromatic N) is 3. The first-order valence-corrected chi connectivity index (χ1v) is 12.4. The van der Waals surface area contributed by atoms with E-state index in [1.165, 1.54) is 7.05 Å². The third-order valence-electron chi connectivity index (χ3n) is 6.36. The highest BCUT2D eigenvalue weighted by molar-refractivity contribution is 6.15. The summed E-state index contributed by atoms with van der Waals surface area (Å²) in [4.78, 5) is 16.0. The number of benzene rings is 3. The summed E-state index contributed by atoms with van der Waals surface area (Å²) in [5.41, 5.74) is 10.4. The van der Waals surface area contributed by atoms with Crippen LogP contribution in [0.2, 0.25) is 0 Å². The smallest absolute Gasteiger partial charge is 0.152 e. The Balaban J connectivity index is 0.00000164. The molecule has 5 aromatic rings. The number of carbonyl (C=O) groups is 1. The molecule has 0 aliphatic heterocycles. The van der Waals surface area contributed by atoms with Crippen LogP contribution < -0.4 is 11.1 Å². The quantitative estimate of drug-likeness (QED) is 0.245. The number of fused-ring (bicyclic) bond motifs is 3. The van der Waals surface area contributed by atoms with Crippen LogP contribution in [-0.2, 0) is 0 Å². The summed E-state index contributed by atoms with van der Waals surface area (Å²) in [7, 11) is 1.50. The van der Waals surface area contributed by atoms with E-state index in [4.69, 9.17) is 5.26 Å². The van der Waals surface area contributed by atoms with Crippen LogP contribution in [0.15, 0.2) is 79.0 Å². The van der Waals surface area contributed by atoms with Gasteiger partial charge in [-0.3, -0.25) is 4.79 Å². The van der Waals surface area contributed by atoms with E-state index < -0.39 is 5.60 Å². The van der Waals surface area contributed by atoms with Gasteiger partial charge in [0.2, 0.25) is 0 Å². The van der Waals surface area contributed by atoms with Crippen molar-refractivity contribution in [3.63, 3.8) is 0 Å². The summed E-state index contributed by atoms with van der Waals surface area (Å²) in [6.45, 7) is 4.08. The standard InChI is InChI=1S/C30H26N4O2.CH5N/c1-30(2,36)14-15-32-26-16-23(13-11-21(26)19-35)34-27-8-4-3-6-25(27)29-24(7-5-9-28(29)34)20-10-12-22(17-31)33-18-20;1-2/h3-13,16,18-19,32,36H,14-15H2,1-2H3;2H2,1H3. The Bertz CT molecular complexity index is 1620. The fourth-order valence-electron chi connectivity index (χ4n) is 4.60. The van der Waals surface area contributed by atoms with Crippen molar-refractivity contribution >= 4 is 33.8 Å². The number of carbonyl (C=O) groups excluding carboxylic acids is 1. The van der Waals surface area contributed by atoms with E-state index in [0.29, 0.717) is 24.2 Å². The van der Waals surface area contributed by atoms with E-state index in [9.17, 15) is 9.90 Å². The second-order valence-electron chi connectivity index (χ2n) is 9.47. The van der Waals surface area contributed by atoms with Crippen molar-refractivity contribution < 1.29 is 9.90 Å². The highest BCUT2D eigenvalue weighted by Crippen LogP contribution is 2.38. The Hall–Kier alpha value is -4.51. The molecule has 0 saturated carbocycles. The molecular weight excluding hydrogens is 474 g/mol. The molecule has 0 spiro atoms. The fourth-order valence-corrected chi connectivity index (χ4v) is 4.60. The molecule has 0 atom stereocenters. The number of hydrogen-bond acceptors (Lipinski definition) is 6. The van der Waals surface area contributed by atoms with Gasteiger partial charge in [0.1, 0.15) is 11.8 Å². The van der Waals surface area contributed by atoms with Crippen LogP contribution >= 0.6 is 0 Å². The minimum atomic E-state index is -0.796. The minimum Gasteiger partial charge on any atom is -0.390 e. The van der Waals surface area contributed by atoms with Crippen LogP contribution in [0.5, 0.6) is 0 Å². The summed E-state index contributed by atoms with van der Waals surface area (Å²) in [5, 5.41) is 24.7. The number of hydrogen-bond donors (Lipinski definition) is 3. The van der Waals surface area contributed by atoms with Crippen molar-refractivity contribution in [2.45, 2.75) is 25.9 Å². The molecule has 0 fully saturated rings. The minimum absolute atomic E-state index is 0.383. The normalized spacial score (nSPS) is 11.1. The predicted molar refractivity (Wildman–Crippen MR) is 154 cm³/mol. The van der Waals surface area contributed by atoms with E-state index in [1.54, 1.807) is 26.1 Å². The van der Waals surface area contributed by atoms with Crippen LogP contribution in [0.4, 0.5) is 5.69 Å². The molecule has 38 heavy (non-hydrogen) atoms. The number of nitrogens with one attached hydrogen (secondary N) is 1. The van der Waals surface area contributed by atoms with Gasteiger partial charge in [0.25, 0.3) is 0 Å². The van der Waals surface area contributed by atoms with Gasteiger partial charge in [-0.2, -0.15) is 5.26 Å². The lowest BCUT2D eigenvalue weighted by molar-refractivity contribution is 0.0749. The summed E-state index contributed by atoms with van der Waals surface area (Å²) in [6.07, 6.45) is 3.13. The summed E-state index contributed by atoms with van der Waals surface area (Å²) in [5.74, 6) is 0. The molecule has 192 valence electrons. The molecule has 0 amide bonds. The maximum Gasteiger partial charge on any atom is 0.152 e. The number of anilines is 1. The molecule has 3 aromatic carbocycles. The molecule has 7 heteroatoms. The number of aldehydes is 1. The van der Waals surface area contributed by atoms with Gasteiger partial charge >= 0.3 is 0 Å². The number of pyridine rings is 1. The molecule has 2 heterocycles. The summed E-state index contributed by atoms with van der Waals surface area (Å²) in [6, 6.07) is 25.9. The lowest BCUT2D eigenvalue weighted by Gasteiger charge is -2.19. The Labute approximate surface area is 222 Å². The first-order valence-electron chi connectivity index (χ1n) is 12.4. The zero-order valence-corrected chi connectivity index (χ0v) is 21.8. The van der Waals surface area contributed by atoms with Crippen molar-refractivity contribution in [3.05, 3.63) is 90.3 Å². The predicted octanol–water partition coefficient (Wildman–Crippen LogP) is 5.68. The third kappa shape index (κ3) is 5.28. The van der Waals surface area contributed by atoms with Crippen LogP contribution in [0.1, 0.15) is 36.3 Å². The zero-order valence-electron chi connectivity index (χ0n) is 21.8. The van der Waals surface area contributed by atoms with Gasteiger partial charge in [-0.25, -0.2) is 4.98 Å². The monoisotopic (exact) mass is 505 g/mol. The van der Waals surface area contributed by atoms with Crippen LogP contribution in [0, 0.1) is 11.3 Å². The summed E-state index contributed by atoms with van der Waals surface area (Å²) >= 11 is 0. The Morgan fingerprint density at radius 3 is 2.50 bits per heavy atom. The average Bonchev–Trinajstić information content (AvgIpc) is 3.28. The highest BCUT2D eigenvalue weighted by atomic mass is 16.3.